The number of furan rings is 1. The third-order valence-corrected chi connectivity index (χ3v) is 4.72. The van der Waals surface area contributed by atoms with Crippen molar-refractivity contribution in [3.63, 3.8) is 0 Å². The van der Waals surface area contributed by atoms with Gasteiger partial charge in [-0.2, -0.15) is 5.10 Å². The summed E-state index contributed by atoms with van der Waals surface area (Å²) < 4.78 is 13.1. The minimum atomic E-state index is -0.192. The van der Waals surface area contributed by atoms with E-state index in [1.54, 1.807) is 24.2 Å². The van der Waals surface area contributed by atoms with Gasteiger partial charge in [-0.05, 0) is 23.8 Å². The molecule has 152 valence electrons. The summed E-state index contributed by atoms with van der Waals surface area (Å²) in [6, 6.07) is 21.4. The molecule has 6 heteroatoms. The van der Waals surface area contributed by atoms with Crippen LogP contribution in [0.25, 0.3) is 0 Å². The number of hydrogen-bond donors (Lipinski definition) is 0. The number of hydrogen-bond acceptors (Lipinski definition) is 4. The maximum absolute atomic E-state index is 12.9. The van der Waals surface area contributed by atoms with Crippen molar-refractivity contribution in [1.29, 1.82) is 0 Å². The summed E-state index contributed by atoms with van der Waals surface area (Å²) in [5.74, 6) is 0.851. The second-order valence-corrected chi connectivity index (χ2v) is 7.07. The van der Waals surface area contributed by atoms with Gasteiger partial charge in [-0.1, -0.05) is 48.5 Å². The van der Waals surface area contributed by atoms with Gasteiger partial charge in [-0.3, -0.25) is 9.48 Å². The van der Waals surface area contributed by atoms with Gasteiger partial charge in [0.25, 0.3) is 5.91 Å². The maximum atomic E-state index is 12.9. The summed E-state index contributed by atoms with van der Waals surface area (Å²) >= 11 is 0. The fraction of sp³-hybridized carbons (Fsp3) is 0.167. The van der Waals surface area contributed by atoms with Gasteiger partial charge in [0.05, 0.1) is 19.0 Å². The SMILES string of the molecule is CN(Cc1cnn(Cc2ccccc2)c1)C(=O)c1occc1COc1ccccc1. The molecule has 2 aromatic heterocycles. The minimum absolute atomic E-state index is 0.192. The average molecular weight is 401 g/mol. The first-order valence-corrected chi connectivity index (χ1v) is 9.74. The Hall–Kier alpha value is -3.80. The molecule has 6 nitrogen and oxygen atoms in total. The number of rotatable bonds is 8. The second kappa shape index (κ2) is 9.13. The number of ether oxygens (including phenoxy) is 1. The van der Waals surface area contributed by atoms with Gasteiger partial charge in [0.1, 0.15) is 12.4 Å². The quantitative estimate of drug-likeness (QED) is 0.440. The highest BCUT2D eigenvalue weighted by atomic mass is 16.5. The van der Waals surface area contributed by atoms with E-state index in [0.717, 1.165) is 16.9 Å². The Labute approximate surface area is 175 Å². The molecule has 0 fully saturated rings. The lowest BCUT2D eigenvalue weighted by Gasteiger charge is -2.15. The van der Waals surface area contributed by atoms with Gasteiger partial charge in [0.2, 0.25) is 0 Å². The first kappa shape index (κ1) is 19.5. The predicted octanol–water partition coefficient (Wildman–Crippen LogP) is 4.38. The topological polar surface area (TPSA) is 60.5 Å². The highest BCUT2D eigenvalue weighted by Crippen LogP contribution is 2.18. The molecule has 4 aromatic rings. The molecule has 0 aliphatic rings. The van der Waals surface area contributed by atoms with Crippen LogP contribution >= 0.6 is 0 Å². The van der Waals surface area contributed by atoms with Gasteiger partial charge in [0.15, 0.2) is 5.76 Å². The minimum Gasteiger partial charge on any atom is -0.489 e. The molecule has 2 heterocycles. The molecular formula is C24H23N3O3. The van der Waals surface area contributed by atoms with E-state index in [1.807, 2.05) is 59.4 Å². The van der Waals surface area contributed by atoms with Crippen LogP contribution in [0.4, 0.5) is 0 Å². The van der Waals surface area contributed by atoms with E-state index in [4.69, 9.17) is 9.15 Å². The van der Waals surface area contributed by atoms with Crippen molar-refractivity contribution in [1.82, 2.24) is 14.7 Å². The van der Waals surface area contributed by atoms with Gasteiger partial charge in [-0.15, -0.1) is 0 Å². The lowest BCUT2D eigenvalue weighted by Crippen LogP contribution is -2.26. The molecule has 4 rings (SSSR count). The van der Waals surface area contributed by atoms with Crippen LogP contribution in [-0.2, 0) is 19.7 Å². The van der Waals surface area contributed by atoms with Crippen molar-refractivity contribution in [2.45, 2.75) is 19.7 Å². The third kappa shape index (κ3) is 4.78. The van der Waals surface area contributed by atoms with Gasteiger partial charge >= 0.3 is 0 Å². The first-order chi connectivity index (χ1) is 14.7. The molecule has 0 spiro atoms. The van der Waals surface area contributed by atoms with Gasteiger partial charge in [-0.25, -0.2) is 0 Å². The zero-order valence-electron chi connectivity index (χ0n) is 16.8. The average Bonchev–Trinajstić information content (AvgIpc) is 3.42. The molecule has 0 bridgehead atoms. The molecule has 2 aromatic carbocycles. The molecule has 0 N–H and O–H groups in total. The lowest BCUT2D eigenvalue weighted by molar-refractivity contribution is 0.0749. The van der Waals surface area contributed by atoms with E-state index < -0.39 is 0 Å². The molecule has 0 radical (unpaired) electrons. The number of carbonyl (C=O) groups excluding carboxylic acids is 1. The van der Waals surface area contributed by atoms with Crippen molar-refractivity contribution in [2.75, 3.05) is 7.05 Å². The summed E-state index contributed by atoms with van der Waals surface area (Å²) in [5.41, 5.74) is 2.85. The number of para-hydroxylation sites is 1. The van der Waals surface area contributed by atoms with E-state index in [0.29, 0.717) is 18.8 Å². The number of amides is 1. The van der Waals surface area contributed by atoms with Crippen LogP contribution in [0, 0.1) is 0 Å². The van der Waals surface area contributed by atoms with E-state index in [-0.39, 0.29) is 12.5 Å². The third-order valence-electron chi connectivity index (χ3n) is 4.72. The Morgan fingerprint density at radius 3 is 2.53 bits per heavy atom. The largest absolute Gasteiger partial charge is 0.489 e. The number of nitrogens with zero attached hydrogens (tertiary/aromatic N) is 3. The summed E-state index contributed by atoms with van der Waals surface area (Å²) in [6.45, 7) is 1.40. The summed E-state index contributed by atoms with van der Waals surface area (Å²) in [6.07, 6.45) is 5.26. The van der Waals surface area contributed by atoms with Crippen molar-refractivity contribution < 1.29 is 13.9 Å². The Kier molecular flexibility index (Phi) is 5.94. The number of aromatic nitrogens is 2. The molecule has 0 saturated heterocycles. The molecule has 0 unspecified atom stereocenters. The molecule has 0 atom stereocenters. The summed E-state index contributed by atoms with van der Waals surface area (Å²) in [4.78, 5) is 14.5. The second-order valence-electron chi connectivity index (χ2n) is 7.07. The Morgan fingerprint density at radius 1 is 1.03 bits per heavy atom. The lowest BCUT2D eigenvalue weighted by atomic mass is 10.2. The molecule has 30 heavy (non-hydrogen) atoms. The fourth-order valence-electron chi connectivity index (χ4n) is 3.18. The van der Waals surface area contributed by atoms with Gasteiger partial charge in [0, 0.05) is 30.9 Å². The number of benzene rings is 2. The maximum Gasteiger partial charge on any atom is 0.290 e. The van der Waals surface area contributed by atoms with E-state index >= 15 is 0 Å². The molecule has 0 aliphatic heterocycles. The molecule has 0 aliphatic carbocycles. The standard InChI is InChI=1S/C24H23N3O3/c1-26(15-20-14-25-27(17-20)16-19-8-4-2-5-9-19)24(28)23-21(12-13-29-23)18-30-22-10-6-3-7-11-22/h2-14,17H,15-16,18H2,1H3. The molecule has 1 amide bonds. The monoisotopic (exact) mass is 401 g/mol. The van der Waals surface area contributed by atoms with Crippen molar-refractivity contribution in [2.24, 2.45) is 0 Å². The van der Waals surface area contributed by atoms with Crippen molar-refractivity contribution in [3.8, 4) is 5.75 Å². The van der Waals surface area contributed by atoms with E-state index in [9.17, 15) is 4.79 Å². The normalized spacial score (nSPS) is 10.7. The van der Waals surface area contributed by atoms with Crippen LogP contribution in [0.2, 0.25) is 0 Å². The zero-order valence-corrected chi connectivity index (χ0v) is 16.8. The highest BCUT2D eigenvalue weighted by molar-refractivity contribution is 5.92. The highest BCUT2D eigenvalue weighted by Gasteiger charge is 2.20. The van der Waals surface area contributed by atoms with Crippen molar-refractivity contribution >= 4 is 5.91 Å². The summed E-state index contributed by atoms with van der Waals surface area (Å²) in [7, 11) is 1.75. The van der Waals surface area contributed by atoms with Gasteiger partial charge < -0.3 is 14.1 Å². The fourth-order valence-corrected chi connectivity index (χ4v) is 3.18. The van der Waals surface area contributed by atoms with E-state index in [2.05, 4.69) is 17.2 Å². The number of carbonyl (C=O) groups is 1. The summed E-state index contributed by atoms with van der Waals surface area (Å²) in [5, 5.41) is 4.40. The van der Waals surface area contributed by atoms with Crippen LogP contribution in [-0.4, -0.2) is 27.6 Å². The molecule has 0 saturated carbocycles. The zero-order chi connectivity index (χ0) is 20.8. The Bertz CT molecular complexity index is 1090. The van der Waals surface area contributed by atoms with Crippen LogP contribution < -0.4 is 4.74 Å². The Balaban J connectivity index is 1.37. The van der Waals surface area contributed by atoms with Crippen LogP contribution in [0.1, 0.15) is 27.2 Å². The Morgan fingerprint density at radius 2 is 1.77 bits per heavy atom. The predicted molar refractivity (Wildman–Crippen MR) is 113 cm³/mol. The molecular weight excluding hydrogens is 378 g/mol. The first-order valence-electron chi connectivity index (χ1n) is 9.74. The van der Waals surface area contributed by atoms with Crippen LogP contribution in [0.5, 0.6) is 5.75 Å². The van der Waals surface area contributed by atoms with Crippen LogP contribution in [0.3, 0.4) is 0 Å². The van der Waals surface area contributed by atoms with E-state index in [1.165, 1.54) is 11.8 Å². The van der Waals surface area contributed by atoms with Crippen LogP contribution in [0.15, 0.2) is 89.8 Å². The van der Waals surface area contributed by atoms with Crippen molar-refractivity contribution in [3.05, 3.63) is 108 Å². The smallest absolute Gasteiger partial charge is 0.290 e.